The van der Waals surface area contributed by atoms with E-state index in [0.29, 0.717) is 22.3 Å². The lowest BCUT2D eigenvalue weighted by Crippen LogP contribution is -2.37. The highest BCUT2D eigenvalue weighted by Gasteiger charge is 2.27. The van der Waals surface area contributed by atoms with Gasteiger partial charge in [0.15, 0.2) is 11.3 Å². The monoisotopic (exact) mass is 408 g/mol. The van der Waals surface area contributed by atoms with Gasteiger partial charge in [-0.1, -0.05) is 19.9 Å². The minimum Gasteiger partial charge on any atom is -0.440 e. The van der Waals surface area contributed by atoms with E-state index in [4.69, 9.17) is 9.41 Å². The van der Waals surface area contributed by atoms with E-state index in [9.17, 15) is 4.79 Å². The molecule has 0 unspecified atom stereocenters. The summed E-state index contributed by atoms with van der Waals surface area (Å²) in [6.07, 6.45) is 5.67. The second-order valence-electron chi connectivity index (χ2n) is 8.90. The van der Waals surface area contributed by atoms with E-state index in [1.165, 1.54) is 0 Å². The Labute approximate surface area is 178 Å². The van der Waals surface area contributed by atoms with Crippen molar-refractivity contribution < 1.29 is 4.42 Å². The van der Waals surface area contributed by atoms with Crippen molar-refractivity contribution in [1.82, 2.24) is 5.43 Å². The largest absolute Gasteiger partial charge is 0.440 e. The van der Waals surface area contributed by atoms with Gasteiger partial charge in [0.2, 0.25) is 0 Å². The van der Waals surface area contributed by atoms with E-state index >= 15 is 0 Å². The van der Waals surface area contributed by atoms with Crippen molar-refractivity contribution in [2.45, 2.75) is 53.5 Å². The molecule has 0 radical (unpaired) electrons. The smallest absolute Gasteiger partial charge is 0.200 e. The number of allylic oxidation sites excluding steroid dienone is 1. The number of fused-ring (bicyclic) bond motifs is 1. The van der Waals surface area contributed by atoms with Crippen molar-refractivity contribution in [3.8, 4) is 0 Å². The molecule has 0 spiro atoms. The van der Waals surface area contributed by atoms with Crippen LogP contribution in [0.25, 0.3) is 11.0 Å². The second-order valence-corrected chi connectivity index (χ2v) is 8.90. The molecule has 2 aromatic rings. The maximum atomic E-state index is 12.9. The SMILES string of the molecule is C=NNC=CC(C)=N[C@H](C)c1cc(C)cc2c(=O)cc(N3CCC(C)(C)CC3)oc12. The molecular weight excluding hydrogens is 376 g/mol. The Balaban J connectivity index is 2.02. The highest BCUT2D eigenvalue weighted by molar-refractivity contribution is 5.93. The van der Waals surface area contributed by atoms with Gasteiger partial charge in [0.05, 0.1) is 11.4 Å². The highest BCUT2D eigenvalue weighted by atomic mass is 16.4. The molecule has 0 saturated carbocycles. The van der Waals surface area contributed by atoms with E-state index in [1.54, 1.807) is 12.3 Å². The van der Waals surface area contributed by atoms with Gasteiger partial charge >= 0.3 is 0 Å². The molecule has 2 heterocycles. The predicted octanol–water partition coefficient (Wildman–Crippen LogP) is 4.97. The molecule has 1 aromatic heterocycles. The van der Waals surface area contributed by atoms with Gasteiger partial charge in [0.1, 0.15) is 5.58 Å². The van der Waals surface area contributed by atoms with E-state index in [2.05, 4.69) is 42.1 Å². The third kappa shape index (κ3) is 4.99. The normalized spacial score (nSPS) is 18.0. The number of rotatable bonds is 6. The first kappa shape index (κ1) is 21.8. The van der Waals surface area contributed by atoms with Crippen LogP contribution in [0.15, 0.2) is 49.8 Å². The van der Waals surface area contributed by atoms with Crippen LogP contribution in [0.5, 0.6) is 0 Å². The molecule has 1 aliphatic heterocycles. The fraction of sp³-hybridized carbons (Fsp3) is 0.458. The van der Waals surface area contributed by atoms with Crippen LogP contribution in [-0.2, 0) is 0 Å². The molecule has 1 saturated heterocycles. The zero-order valence-corrected chi connectivity index (χ0v) is 18.7. The second kappa shape index (κ2) is 8.86. The predicted molar refractivity (Wildman–Crippen MR) is 126 cm³/mol. The minimum absolute atomic E-state index is 0.00455. The van der Waals surface area contributed by atoms with Gasteiger partial charge in [0, 0.05) is 43.3 Å². The van der Waals surface area contributed by atoms with Gasteiger partial charge in [-0.15, -0.1) is 0 Å². The summed E-state index contributed by atoms with van der Waals surface area (Å²) >= 11 is 0. The van der Waals surface area contributed by atoms with Crippen molar-refractivity contribution in [3.63, 3.8) is 0 Å². The summed E-state index contributed by atoms with van der Waals surface area (Å²) in [5.74, 6) is 0.655. The minimum atomic E-state index is -0.160. The van der Waals surface area contributed by atoms with Crippen molar-refractivity contribution >= 4 is 29.3 Å². The number of benzene rings is 1. The number of nitrogens with one attached hydrogen (secondary N) is 1. The molecule has 1 aromatic carbocycles. The molecule has 1 atom stereocenters. The Morgan fingerprint density at radius 1 is 1.30 bits per heavy atom. The zero-order chi connectivity index (χ0) is 21.9. The van der Waals surface area contributed by atoms with Crippen molar-refractivity contribution in [2.75, 3.05) is 18.0 Å². The molecule has 1 N–H and O–H groups in total. The summed E-state index contributed by atoms with van der Waals surface area (Å²) in [5, 5.41) is 4.18. The number of hydrazone groups is 1. The molecule has 30 heavy (non-hydrogen) atoms. The van der Waals surface area contributed by atoms with Crippen LogP contribution < -0.4 is 15.8 Å². The highest BCUT2D eigenvalue weighted by Crippen LogP contribution is 2.34. The first-order chi connectivity index (χ1) is 14.2. The maximum Gasteiger partial charge on any atom is 0.200 e. The topological polar surface area (TPSA) is 70.2 Å². The Kier molecular flexibility index (Phi) is 6.44. The van der Waals surface area contributed by atoms with Crippen LogP contribution in [0, 0.1) is 12.3 Å². The average Bonchev–Trinajstić information content (AvgIpc) is 2.68. The summed E-state index contributed by atoms with van der Waals surface area (Å²) in [5.41, 5.74) is 6.41. The van der Waals surface area contributed by atoms with E-state index < -0.39 is 0 Å². The molecule has 1 aliphatic rings. The van der Waals surface area contributed by atoms with Gasteiger partial charge < -0.3 is 9.32 Å². The van der Waals surface area contributed by atoms with Gasteiger partial charge in [-0.2, -0.15) is 5.10 Å². The van der Waals surface area contributed by atoms with Gasteiger partial charge in [0.25, 0.3) is 0 Å². The summed E-state index contributed by atoms with van der Waals surface area (Å²) in [6.45, 7) is 15.7. The summed E-state index contributed by atoms with van der Waals surface area (Å²) in [4.78, 5) is 19.9. The number of aryl methyl sites for hydroxylation is 1. The molecule has 1 fully saturated rings. The molecule has 3 rings (SSSR count). The first-order valence-corrected chi connectivity index (χ1v) is 10.5. The fourth-order valence-electron chi connectivity index (χ4n) is 3.85. The molecule has 0 aliphatic carbocycles. The van der Waals surface area contributed by atoms with Gasteiger partial charge in [-0.3, -0.25) is 15.2 Å². The van der Waals surface area contributed by atoms with Gasteiger partial charge in [-0.25, -0.2) is 0 Å². The Bertz CT molecular complexity index is 1040. The maximum absolute atomic E-state index is 12.9. The zero-order valence-electron chi connectivity index (χ0n) is 18.7. The number of piperidine rings is 1. The van der Waals surface area contributed by atoms with Crippen LogP contribution in [-0.4, -0.2) is 25.5 Å². The van der Waals surface area contributed by atoms with Gasteiger partial charge in [-0.05, 0) is 56.7 Å². The third-order valence-electron chi connectivity index (χ3n) is 5.76. The van der Waals surface area contributed by atoms with Crippen molar-refractivity contribution in [2.24, 2.45) is 15.5 Å². The number of aliphatic imine (C=N–C) groups is 1. The first-order valence-electron chi connectivity index (χ1n) is 10.5. The molecule has 0 amide bonds. The summed E-state index contributed by atoms with van der Waals surface area (Å²) in [6, 6.07) is 5.44. The molecule has 6 nitrogen and oxygen atoms in total. The van der Waals surface area contributed by atoms with Crippen LogP contribution in [0.2, 0.25) is 0 Å². The lowest BCUT2D eigenvalue weighted by molar-refractivity contribution is 0.274. The number of hydrogen-bond acceptors (Lipinski definition) is 6. The summed E-state index contributed by atoms with van der Waals surface area (Å²) in [7, 11) is 0. The third-order valence-corrected chi connectivity index (χ3v) is 5.76. The van der Waals surface area contributed by atoms with E-state index in [-0.39, 0.29) is 11.5 Å². The molecular formula is C24H32N4O2. The van der Waals surface area contributed by atoms with E-state index in [0.717, 1.165) is 42.8 Å². The van der Waals surface area contributed by atoms with Crippen LogP contribution >= 0.6 is 0 Å². The Morgan fingerprint density at radius 3 is 2.67 bits per heavy atom. The van der Waals surface area contributed by atoms with Crippen molar-refractivity contribution in [1.29, 1.82) is 0 Å². The lowest BCUT2D eigenvalue weighted by atomic mass is 9.83. The Morgan fingerprint density at radius 2 is 2.00 bits per heavy atom. The molecule has 6 heteroatoms. The fourth-order valence-corrected chi connectivity index (χ4v) is 3.85. The lowest BCUT2D eigenvalue weighted by Gasteiger charge is -2.37. The number of nitrogens with zero attached hydrogens (tertiary/aromatic N) is 3. The summed E-state index contributed by atoms with van der Waals surface area (Å²) < 4.78 is 6.34. The van der Waals surface area contributed by atoms with Crippen LogP contribution in [0.3, 0.4) is 0 Å². The number of anilines is 1. The van der Waals surface area contributed by atoms with Crippen molar-refractivity contribution in [3.05, 3.63) is 51.8 Å². The standard InChI is InChI=1S/C24H32N4O2/c1-16-13-19(18(3)27-17(2)7-10-26-25-6)23-20(14-16)21(29)15-22(30-23)28-11-8-24(4,5)9-12-28/h7,10,13-15,18,26H,6,8-9,11-12H2,1-5H3/t18-/m1/s1. The Hall–Kier alpha value is -2.89. The van der Waals surface area contributed by atoms with Crippen LogP contribution in [0.4, 0.5) is 5.88 Å². The molecule has 160 valence electrons. The molecule has 0 bridgehead atoms. The average molecular weight is 409 g/mol. The van der Waals surface area contributed by atoms with E-state index in [1.807, 2.05) is 32.9 Å². The van der Waals surface area contributed by atoms with Crippen LogP contribution in [0.1, 0.15) is 57.7 Å². The quantitative estimate of drug-likeness (QED) is 0.541. The number of hydrogen-bond donors (Lipinski definition) is 1.